The van der Waals surface area contributed by atoms with E-state index in [1.807, 2.05) is 20.8 Å². The van der Waals surface area contributed by atoms with E-state index in [0.717, 1.165) is 0 Å². The van der Waals surface area contributed by atoms with Gasteiger partial charge in [-0.1, -0.05) is 20.8 Å². The van der Waals surface area contributed by atoms with Gasteiger partial charge in [-0.15, -0.1) is 0 Å². The Morgan fingerprint density at radius 3 is 2.41 bits per heavy atom. The third-order valence-electron chi connectivity index (χ3n) is 3.90. The van der Waals surface area contributed by atoms with Gasteiger partial charge in [0, 0.05) is 13.1 Å². The Morgan fingerprint density at radius 1 is 1.47 bits per heavy atom. The highest BCUT2D eigenvalue weighted by atomic mass is 16.4. The Kier molecular flexibility index (Phi) is 4.14. The maximum absolute atomic E-state index is 11.9. The minimum atomic E-state index is -0.812. The molecule has 1 rings (SSSR count). The lowest BCUT2D eigenvalue weighted by atomic mass is 9.76. The van der Waals surface area contributed by atoms with Gasteiger partial charge in [-0.25, -0.2) is 0 Å². The van der Waals surface area contributed by atoms with Crippen LogP contribution >= 0.6 is 0 Å². The Bertz CT molecular complexity index is 317. The summed E-state index contributed by atoms with van der Waals surface area (Å²) in [7, 11) is 0. The van der Waals surface area contributed by atoms with Crippen LogP contribution in [-0.4, -0.2) is 41.0 Å². The Hall–Kier alpha value is -1.10. The molecule has 3 N–H and O–H groups in total. The van der Waals surface area contributed by atoms with Crippen LogP contribution in [0.25, 0.3) is 0 Å². The van der Waals surface area contributed by atoms with E-state index in [1.54, 1.807) is 4.90 Å². The fraction of sp³-hybridized carbons (Fsp3) is 0.833. The lowest BCUT2D eigenvalue weighted by Crippen LogP contribution is -2.45. The van der Waals surface area contributed by atoms with E-state index in [-0.39, 0.29) is 18.4 Å². The zero-order valence-corrected chi connectivity index (χ0v) is 10.8. The second-order valence-corrected chi connectivity index (χ2v) is 5.14. The van der Waals surface area contributed by atoms with Gasteiger partial charge in [-0.05, 0) is 18.8 Å². The van der Waals surface area contributed by atoms with Crippen molar-refractivity contribution < 1.29 is 14.7 Å². The molecule has 0 bridgehead atoms. The van der Waals surface area contributed by atoms with Gasteiger partial charge in [0.2, 0.25) is 5.91 Å². The molecule has 0 aromatic carbocycles. The van der Waals surface area contributed by atoms with E-state index >= 15 is 0 Å². The summed E-state index contributed by atoms with van der Waals surface area (Å²) in [5, 5.41) is 9.36. The third-order valence-corrected chi connectivity index (χ3v) is 3.90. The molecule has 98 valence electrons. The highest BCUT2D eigenvalue weighted by molar-refractivity contribution is 5.84. The summed E-state index contributed by atoms with van der Waals surface area (Å²) in [5.74, 6) is -0.931. The highest BCUT2D eigenvalue weighted by Gasteiger charge is 2.48. The molecule has 0 aromatic heterocycles. The molecule has 0 spiro atoms. The number of likely N-dealkylation sites (tertiary alicyclic amines) is 1. The van der Waals surface area contributed by atoms with Crippen molar-refractivity contribution in [3.63, 3.8) is 0 Å². The number of rotatable bonds is 4. The number of amides is 1. The number of carbonyl (C=O) groups excluding carboxylic acids is 1. The molecule has 1 aliphatic rings. The lowest BCUT2D eigenvalue weighted by molar-refractivity contribution is -0.151. The first-order valence-corrected chi connectivity index (χ1v) is 6.13. The Morgan fingerprint density at radius 2 is 2.06 bits per heavy atom. The highest BCUT2D eigenvalue weighted by Crippen LogP contribution is 2.38. The average Bonchev–Trinajstić information content (AvgIpc) is 2.73. The van der Waals surface area contributed by atoms with Gasteiger partial charge in [0.1, 0.15) is 0 Å². The fourth-order valence-electron chi connectivity index (χ4n) is 2.32. The minimum Gasteiger partial charge on any atom is -0.481 e. The SMILES string of the molecule is CCC(N)C(=O)N1CCC(C(=O)O)(C(C)C)C1. The quantitative estimate of drug-likeness (QED) is 0.759. The summed E-state index contributed by atoms with van der Waals surface area (Å²) < 4.78 is 0. The molecule has 1 fully saturated rings. The van der Waals surface area contributed by atoms with E-state index in [4.69, 9.17) is 5.73 Å². The maximum Gasteiger partial charge on any atom is 0.311 e. The number of hydrogen-bond donors (Lipinski definition) is 2. The summed E-state index contributed by atoms with van der Waals surface area (Å²) in [6.07, 6.45) is 1.10. The smallest absolute Gasteiger partial charge is 0.311 e. The second kappa shape index (κ2) is 5.04. The molecule has 5 heteroatoms. The standard InChI is InChI=1S/C12H22N2O3/c1-4-9(13)10(15)14-6-5-12(7-14,8(2)3)11(16)17/h8-9H,4-7,13H2,1-3H3,(H,16,17). The van der Waals surface area contributed by atoms with Crippen LogP contribution in [0.2, 0.25) is 0 Å². The van der Waals surface area contributed by atoms with Crippen LogP contribution < -0.4 is 5.73 Å². The molecular formula is C12H22N2O3. The van der Waals surface area contributed by atoms with E-state index < -0.39 is 17.4 Å². The van der Waals surface area contributed by atoms with Crippen molar-refractivity contribution in [3.8, 4) is 0 Å². The molecule has 2 unspecified atom stereocenters. The number of nitrogens with zero attached hydrogens (tertiary/aromatic N) is 1. The van der Waals surface area contributed by atoms with Crippen LogP contribution in [0.15, 0.2) is 0 Å². The number of carbonyl (C=O) groups is 2. The maximum atomic E-state index is 11.9. The van der Waals surface area contributed by atoms with Crippen LogP contribution in [0.3, 0.4) is 0 Å². The average molecular weight is 242 g/mol. The van der Waals surface area contributed by atoms with E-state index in [1.165, 1.54) is 0 Å². The fourth-order valence-corrected chi connectivity index (χ4v) is 2.32. The van der Waals surface area contributed by atoms with Crippen molar-refractivity contribution >= 4 is 11.9 Å². The number of carboxylic acids is 1. The third kappa shape index (κ3) is 2.44. The van der Waals surface area contributed by atoms with Crippen LogP contribution in [0.4, 0.5) is 0 Å². The van der Waals surface area contributed by atoms with Gasteiger partial charge in [0.25, 0.3) is 0 Å². The van der Waals surface area contributed by atoms with Gasteiger partial charge < -0.3 is 15.7 Å². The minimum absolute atomic E-state index is 0.00986. The Balaban J connectivity index is 2.80. The molecule has 1 aliphatic heterocycles. The van der Waals surface area contributed by atoms with Crippen molar-refractivity contribution in [2.45, 2.75) is 39.7 Å². The first-order chi connectivity index (χ1) is 7.85. The molecule has 1 saturated heterocycles. The van der Waals surface area contributed by atoms with Gasteiger partial charge in [0.05, 0.1) is 11.5 Å². The summed E-state index contributed by atoms with van der Waals surface area (Å²) in [6, 6.07) is -0.508. The molecule has 17 heavy (non-hydrogen) atoms. The molecule has 5 nitrogen and oxygen atoms in total. The predicted octanol–water partition coefficient (Wildman–Crippen LogP) is 0.683. The molecule has 2 atom stereocenters. The molecule has 0 saturated carbocycles. The van der Waals surface area contributed by atoms with Gasteiger partial charge in [0.15, 0.2) is 0 Å². The number of nitrogens with two attached hydrogens (primary N) is 1. The van der Waals surface area contributed by atoms with E-state index in [9.17, 15) is 14.7 Å². The second-order valence-electron chi connectivity index (χ2n) is 5.14. The number of hydrogen-bond acceptors (Lipinski definition) is 3. The predicted molar refractivity (Wildman–Crippen MR) is 64.4 cm³/mol. The number of carboxylic acid groups (broad SMARTS) is 1. The van der Waals surface area contributed by atoms with Crippen LogP contribution in [0, 0.1) is 11.3 Å². The van der Waals surface area contributed by atoms with Gasteiger partial charge >= 0.3 is 5.97 Å². The zero-order valence-electron chi connectivity index (χ0n) is 10.8. The van der Waals surface area contributed by atoms with Crippen molar-refractivity contribution in [1.82, 2.24) is 4.90 Å². The summed E-state index contributed by atoms with van der Waals surface area (Å²) in [5.41, 5.74) is 4.90. The molecule has 0 aliphatic carbocycles. The van der Waals surface area contributed by atoms with Crippen molar-refractivity contribution in [3.05, 3.63) is 0 Å². The van der Waals surface area contributed by atoms with Gasteiger partial charge in [-0.2, -0.15) is 0 Å². The molecule has 0 radical (unpaired) electrons. The first kappa shape index (κ1) is 14.0. The molecule has 1 amide bonds. The van der Waals surface area contributed by atoms with E-state index in [0.29, 0.717) is 19.4 Å². The lowest BCUT2D eigenvalue weighted by Gasteiger charge is -2.29. The van der Waals surface area contributed by atoms with Crippen LogP contribution in [0.5, 0.6) is 0 Å². The van der Waals surface area contributed by atoms with Gasteiger partial charge in [-0.3, -0.25) is 9.59 Å². The van der Waals surface area contributed by atoms with Crippen molar-refractivity contribution in [2.24, 2.45) is 17.1 Å². The first-order valence-electron chi connectivity index (χ1n) is 6.13. The van der Waals surface area contributed by atoms with Crippen LogP contribution in [-0.2, 0) is 9.59 Å². The summed E-state index contributed by atoms with van der Waals surface area (Å²) >= 11 is 0. The topological polar surface area (TPSA) is 83.6 Å². The molecule has 0 aromatic rings. The van der Waals surface area contributed by atoms with Crippen molar-refractivity contribution in [1.29, 1.82) is 0 Å². The normalized spacial score (nSPS) is 26.3. The largest absolute Gasteiger partial charge is 0.481 e. The summed E-state index contributed by atoms with van der Waals surface area (Å²) in [4.78, 5) is 24.9. The van der Waals surface area contributed by atoms with Crippen molar-refractivity contribution in [2.75, 3.05) is 13.1 Å². The summed E-state index contributed by atoms with van der Waals surface area (Å²) in [6.45, 7) is 6.42. The number of aliphatic carboxylic acids is 1. The molecule has 1 heterocycles. The Labute approximate surface area is 102 Å². The monoisotopic (exact) mass is 242 g/mol. The van der Waals surface area contributed by atoms with E-state index in [2.05, 4.69) is 0 Å². The zero-order chi connectivity index (χ0) is 13.2. The molecular weight excluding hydrogens is 220 g/mol. The van der Waals surface area contributed by atoms with Crippen LogP contribution in [0.1, 0.15) is 33.6 Å².